The van der Waals surface area contributed by atoms with Crippen molar-refractivity contribution in [2.75, 3.05) is 12.0 Å². The molecule has 0 amide bonds. The van der Waals surface area contributed by atoms with Crippen LogP contribution < -0.4 is 5.73 Å². The molecule has 0 saturated carbocycles. The third-order valence-corrected chi connectivity index (χ3v) is 2.03. The van der Waals surface area contributed by atoms with E-state index in [1.54, 1.807) is 6.08 Å². The van der Waals surface area contributed by atoms with Crippen LogP contribution in [0.1, 0.15) is 13.8 Å². The molecule has 0 saturated heterocycles. The van der Waals surface area contributed by atoms with Crippen molar-refractivity contribution in [1.29, 1.82) is 0 Å². The number of hydrogen-bond donors (Lipinski definition) is 1. The molecule has 11 heavy (non-hydrogen) atoms. The van der Waals surface area contributed by atoms with Gasteiger partial charge in [-0.2, -0.15) is 0 Å². The van der Waals surface area contributed by atoms with Crippen LogP contribution in [0, 0.1) is 0 Å². The third kappa shape index (κ3) is 7.55. The van der Waals surface area contributed by atoms with E-state index in [-0.39, 0.29) is 11.8 Å². The molecule has 0 aromatic heterocycles. The summed E-state index contributed by atoms with van der Waals surface area (Å²) >= 11 is 0. The lowest BCUT2D eigenvalue weighted by atomic mass is 10.2. The average molecular weight is 177 g/mol. The van der Waals surface area contributed by atoms with Crippen LogP contribution in [0.2, 0.25) is 0 Å². The van der Waals surface area contributed by atoms with E-state index in [0.29, 0.717) is 0 Å². The van der Waals surface area contributed by atoms with Crippen molar-refractivity contribution in [2.45, 2.75) is 19.9 Å². The Hall–Kier alpha value is -0.350. The maximum Gasteiger partial charge on any atom is 0.149 e. The highest BCUT2D eigenvalue weighted by Crippen LogP contribution is 1.95. The predicted octanol–water partition coefficient (Wildman–Crippen LogP) is 0.325. The van der Waals surface area contributed by atoms with Gasteiger partial charge in [-0.25, -0.2) is 8.42 Å². The molecule has 0 radical (unpaired) electrons. The van der Waals surface area contributed by atoms with Gasteiger partial charge in [0.1, 0.15) is 9.84 Å². The van der Waals surface area contributed by atoms with Crippen LogP contribution >= 0.6 is 0 Å². The molecule has 0 fully saturated rings. The van der Waals surface area contributed by atoms with Crippen molar-refractivity contribution in [2.24, 2.45) is 5.73 Å². The summed E-state index contributed by atoms with van der Waals surface area (Å²) < 4.78 is 21.4. The van der Waals surface area contributed by atoms with Crippen molar-refractivity contribution in [1.82, 2.24) is 0 Å². The zero-order valence-electron chi connectivity index (χ0n) is 7.16. The topological polar surface area (TPSA) is 60.2 Å². The molecule has 0 bridgehead atoms. The normalized spacial score (nSPS) is 14.2. The van der Waals surface area contributed by atoms with Crippen LogP contribution in [-0.2, 0) is 9.84 Å². The lowest BCUT2D eigenvalue weighted by Crippen LogP contribution is -2.27. The number of sulfone groups is 1. The van der Waals surface area contributed by atoms with Gasteiger partial charge in [-0.15, -0.1) is 0 Å². The maximum absolute atomic E-state index is 10.7. The van der Waals surface area contributed by atoms with Crippen molar-refractivity contribution in [3.63, 3.8) is 0 Å². The Balaban J connectivity index is 4.11. The maximum atomic E-state index is 10.7. The van der Waals surface area contributed by atoms with Gasteiger partial charge in [-0.1, -0.05) is 11.6 Å². The third-order valence-electron chi connectivity index (χ3n) is 1.04. The SMILES string of the molecule is CC(C)=CC(N)CS(C)(=O)=O. The summed E-state index contributed by atoms with van der Waals surface area (Å²) in [4.78, 5) is 0. The summed E-state index contributed by atoms with van der Waals surface area (Å²) in [5, 5.41) is 0. The molecule has 66 valence electrons. The molecule has 0 aromatic rings. The summed E-state index contributed by atoms with van der Waals surface area (Å²) in [7, 11) is -2.94. The first-order valence-corrected chi connectivity index (χ1v) is 5.45. The van der Waals surface area contributed by atoms with Gasteiger partial charge in [0.25, 0.3) is 0 Å². The second-order valence-electron chi connectivity index (χ2n) is 3.00. The summed E-state index contributed by atoms with van der Waals surface area (Å²) in [6.45, 7) is 3.78. The van der Waals surface area contributed by atoms with E-state index >= 15 is 0 Å². The van der Waals surface area contributed by atoms with E-state index in [9.17, 15) is 8.42 Å². The zero-order chi connectivity index (χ0) is 9.07. The van der Waals surface area contributed by atoms with Gasteiger partial charge in [0, 0.05) is 12.3 Å². The van der Waals surface area contributed by atoms with E-state index in [0.717, 1.165) is 5.57 Å². The Morgan fingerprint density at radius 1 is 1.55 bits per heavy atom. The monoisotopic (exact) mass is 177 g/mol. The van der Waals surface area contributed by atoms with Gasteiger partial charge in [0.05, 0.1) is 5.75 Å². The van der Waals surface area contributed by atoms with E-state index < -0.39 is 9.84 Å². The fourth-order valence-corrected chi connectivity index (χ4v) is 1.62. The van der Waals surface area contributed by atoms with Crippen LogP contribution in [0.25, 0.3) is 0 Å². The second-order valence-corrected chi connectivity index (χ2v) is 5.19. The molecule has 2 N–H and O–H groups in total. The zero-order valence-corrected chi connectivity index (χ0v) is 7.98. The van der Waals surface area contributed by atoms with Gasteiger partial charge < -0.3 is 5.73 Å². The fourth-order valence-electron chi connectivity index (χ4n) is 0.826. The van der Waals surface area contributed by atoms with Crippen LogP contribution in [0.5, 0.6) is 0 Å². The molecular formula is C7H15NO2S. The highest BCUT2D eigenvalue weighted by molar-refractivity contribution is 7.90. The molecule has 0 aromatic carbocycles. The predicted molar refractivity (Wildman–Crippen MR) is 47.1 cm³/mol. The Bertz CT molecular complexity index is 237. The molecule has 1 atom stereocenters. The Labute approximate surface area is 68.2 Å². The van der Waals surface area contributed by atoms with Gasteiger partial charge in [0.15, 0.2) is 0 Å². The number of nitrogens with two attached hydrogens (primary N) is 1. The lowest BCUT2D eigenvalue weighted by molar-refractivity contribution is 0.598. The van der Waals surface area contributed by atoms with Crippen molar-refractivity contribution < 1.29 is 8.42 Å². The highest BCUT2D eigenvalue weighted by atomic mass is 32.2. The minimum absolute atomic E-state index is 0.0260. The Kier molecular flexibility index (Phi) is 3.75. The largest absolute Gasteiger partial charge is 0.324 e. The standard InChI is InChI=1S/C7H15NO2S/c1-6(2)4-7(8)5-11(3,9)10/h4,7H,5,8H2,1-3H3. The van der Waals surface area contributed by atoms with Crippen LogP contribution in [0.3, 0.4) is 0 Å². The molecule has 0 aliphatic rings. The first kappa shape index (κ1) is 10.7. The summed E-state index contributed by atoms with van der Waals surface area (Å²) in [6.07, 6.45) is 2.94. The summed E-state index contributed by atoms with van der Waals surface area (Å²) in [5.41, 5.74) is 6.55. The molecule has 0 aliphatic carbocycles. The minimum atomic E-state index is -2.94. The van der Waals surface area contributed by atoms with E-state index in [1.807, 2.05) is 13.8 Å². The van der Waals surface area contributed by atoms with Crippen LogP contribution in [0.15, 0.2) is 11.6 Å². The number of hydrogen-bond acceptors (Lipinski definition) is 3. The quantitative estimate of drug-likeness (QED) is 0.632. The van der Waals surface area contributed by atoms with Gasteiger partial charge in [-0.3, -0.25) is 0 Å². The van der Waals surface area contributed by atoms with Crippen molar-refractivity contribution in [3.8, 4) is 0 Å². The van der Waals surface area contributed by atoms with Gasteiger partial charge in [0.2, 0.25) is 0 Å². The van der Waals surface area contributed by atoms with Crippen LogP contribution in [-0.4, -0.2) is 26.5 Å². The van der Waals surface area contributed by atoms with Crippen molar-refractivity contribution in [3.05, 3.63) is 11.6 Å². The summed E-state index contributed by atoms with van der Waals surface area (Å²) in [5.74, 6) is 0.0260. The first-order chi connectivity index (χ1) is 4.81. The molecule has 1 unspecified atom stereocenters. The van der Waals surface area contributed by atoms with E-state index in [4.69, 9.17) is 5.73 Å². The number of rotatable bonds is 3. The molecular weight excluding hydrogens is 162 g/mol. The average Bonchev–Trinajstić information content (AvgIpc) is 1.53. The second kappa shape index (κ2) is 3.88. The smallest absolute Gasteiger partial charge is 0.149 e. The molecule has 0 rings (SSSR count). The lowest BCUT2D eigenvalue weighted by Gasteiger charge is -2.04. The highest BCUT2D eigenvalue weighted by Gasteiger charge is 2.07. The first-order valence-electron chi connectivity index (χ1n) is 3.39. The molecule has 0 aliphatic heterocycles. The Morgan fingerprint density at radius 3 is 2.27 bits per heavy atom. The molecule has 4 heteroatoms. The van der Waals surface area contributed by atoms with Gasteiger partial charge >= 0.3 is 0 Å². The van der Waals surface area contributed by atoms with E-state index in [1.165, 1.54) is 6.26 Å². The fraction of sp³-hybridized carbons (Fsp3) is 0.714. The van der Waals surface area contributed by atoms with Crippen molar-refractivity contribution >= 4 is 9.84 Å². The van der Waals surface area contributed by atoms with Crippen LogP contribution in [0.4, 0.5) is 0 Å². The van der Waals surface area contributed by atoms with E-state index in [2.05, 4.69) is 0 Å². The molecule has 0 heterocycles. The molecule has 3 nitrogen and oxygen atoms in total. The minimum Gasteiger partial charge on any atom is -0.324 e. The summed E-state index contributed by atoms with van der Waals surface area (Å²) in [6, 6.07) is -0.366. The number of allylic oxidation sites excluding steroid dienone is 1. The van der Waals surface area contributed by atoms with Gasteiger partial charge in [-0.05, 0) is 13.8 Å². The Morgan fingerprint density at radius 2 is 2.00 bits per heavy atom. The molecule has 0 spiro atoms.